The zero-order valence-electron chi connectivity index (χ0n) is 15.3. The largest absolute Gasteiger partial charge is 0.370 e. The van der Waals surface area contributed by atoms with Crippen LogP contribution in [0, 0.1) is 0 Å². The molecule has 0 rings (SSSR count). The van der Waals surface area contributed by atoms with Crippen molar-refractivity contribution in [1.82, 2.24) is 4.90 Å². The van der Waals surface area contributed by atoms with Crippen molar-refractivity contribution in [2.75, 3.05) is 39.5 Å². The van der Waals surface area contributed by atoms with Crippen molar-refractivity contribution in [3.63, 3.8) is 0 Å². The second kappa shape index (κ2) is 14.2. The lowest BCUT2D eigenvalue weighted by Gasteiger charge is -2.30. The molecule has 0 aromatic rings. The van der Waals surface area contributed by atoms with Crippen molar-refractivity contribution in [2.24, 2.45) is 5.73 Å². The van der Waals surface area contributed by atoms with Crippen molar-refractivity contribution < 1.29 is 28.5 Å². The third-order valence-corrected chi connectivity index (χ3v) is 3.09. The van der Waals surface area contributed by atoms with Crippen molar-refractivity contribution in [3.8, 4) is 0 Å². The summed E-state index contributed by atoms with van der Waals surface area (Å²) in [5, 5.41) is 0. The molecule has 24 heavy (non-hydrogen) atoms. The number of rotatable bonds is 15. The Morgan fingerprint density at radius 2 is 1.17 bits per heavy atom. The van der Waals surface area contributed by atoms with E-state index in [1.165, 1.54) is 4.90 Å². The molecule has 0 bridgehead atoms. The lowest BCUT2D eigenvalue weighted by molar-refractivity contribution is -0.179. The molecule has 0 unspecified atom stereocenters. The maximum atomic E-state index is 12.4. The maximum absolute atomic E-state index is 12.4. The third-order valence-electron chi connectivity index (χ3n) is 3.09. The van der Waals surface area contributed by atoms with Gasteiger partial charge in [-0.05, 0) is 27.7 Å². The second-order valence-corrected chi connectivity index (χ2v) is 4.95. The van der Waals surface area contributed by atoms with Gasteiger partial charge >= 0.3 is 0 Å². The van der Waals surface area contributed by atoms with Gasteiger partial charge in [-0.2, -0.15) is 0 Å². The SMILES string of the molecule is CCOC(CN(CC(OCC)OCC)C(=O)CCC(N)=O)OCC. The van der Waals surface area contributed by atoms with E-state index in [0.717, 1.165) is 0 Å². The first-order valence-electron chi connectivity index (χ1n) is 8.50. The molecule has 0 heterocycles. The third kappa shape index (κ3) is 10.5. The van der Waals surface area contributed by atoms with E-state index < -0.39 is 18.5 Å². The Morgan fingerprint density at radius 1 is 0.792 bits per heavy atom. The maximum Gasteiger partial charge on any atom is 0.223 e. The molecular weight excluding hydrogens is 316 g/mol. The summed E-state index contributed by atoms with van der Waals surface area (Å²) in [6, 6.07) is 0. The fourth-order valence-electron chi connectivity index (χ4n) is 2.08. The van der Waals surface area contributed by atoms with Gasteiger partial charge in [-0.3, -0.25) is 9.59 Å². The Bertz CT molecular complexity index is 323. The van der Waals surface area contributed by atoms with E-state index in [0.29, 0.717) is 26.4 Å². The summed E-state index contributed by atoms with van der Waals surface area (Å²) < 4.78 is 22.0. The van der Waals surface area contributed by atoms with Crippen LogP contribution in [0.2, 0.25) is 0 Å². The van der Waals surface area contributed by atoms with E-state index in [-0.39, 0.29) is 31.8 Å². The minimum atomic E-state index is -0.540. The summed E-state index contributed by atoms with van der Waals surface area (Å²) in [5.74, 6) is -0.733. The first kappa shape index (κ1) is 22.8. The lowest BCUT2D eigenvalue weighted by atomic mass is 10.2. The Balaban J connectivity index is 4.95. The molecule has 0 aliphatic heterocycles. The van der Waals surface area contributed by atoms with E-state index in [1.54, 1.807) is 0 Å². The summed E-state index contributed by atoms with van der Waals surface area (Å²) in [6.45, 7) is 9.75. The van der Waals surface area contributed by atoms with Crippen LogP contribution < -0.4 is 5.73 Å². The van der Waals surface area contributed by atoms with Crippen LogP contribution in [-0.4, -0.2) is 68.8 Å². The second-order valence-electron chi connectivity index (χ2n) is 4.95. The van der Waals surface area contributed by atoms with E-state index in [9.17, 15) is 9.59 Å². The number of primary amides is 1. The van der Waals surface area contributed by atoms with E-state index in [4.69, 9.17) is 24.7 Å². The number of hydrogen-bond acceptors (Lipinski definition) is 6. The Hall–Kier alpha value is -1.22. The molecule has 0 saturated carbocycles. The van der Waals surface area contributed by atoms with Gasteiger partial charge in [-0.15, -0.1) is 0 Å². The van der Waals surface area contributed by atoms with Gasteiger partial charge in [-0.25, -0.2) is 0 Å². The minimum absolute atomic E-state index is 0.00277. The van der Waals surface area contributed by atoms with Crippen molar-refractivity contribution in [3.05, 3.63) is 0 Å². The van der Waals surface area contributed by atoms with Gasteiger partial charge in [0.1, 0.15) is 0 Å². The highest BCUT2D eigenvalue weighted by molar-refractivity contribution is 5.82. The van der Waals surface area contributed by atoms with Gasteiger partial charge < -0.3 is 29.6 Å². The first-order chi connectivity index (χ1) is 11.5. The van der Waals surface area contributed by atoms with Crippen molar-refractivity contribution in [2.45, 2.75) is 53.1 Å². The highest BCUT2D eigenvalue weighted by atomic mass is 16.7. The summed E-state index contributed by atoms with van der Waals surface area (Å²) in [5.41, 5.74) is 5.13. The number of ether oxygens (including phenoxy) is 4. The minimum Gasteiger partial charge on any atom is -0.370 e. The molecule has 0 radical (unpaired) electrons. The van der Waals surface area contributed by atoms with Crippen LogP contribution in [0.25, 0.3) is 0 Å². The van der Waals surface area contributed by atoms with Crippen LogP contribution in [0.15, 0.2) is 0 Å². The number of nitrogens with zero attached hydrogens (tertiary/aromatic N) is 1. The molecule has 2 N–H and O–H groups in total. The number of nitrogens with two attached hydrogens (primary N) is 1. The number of carbonyl (C=O) groups excluding carboxylic acids is 2. The average Bonchev–Trinajstić information content (AvgIpc) is 2.52. The summed E-state index contributed by atoms with van der Waals surface area (Å²) in [7, 11) is 0. The standard InChI is InChI=1S/C16H32N2O6/c1-5-21-15(22-6-2)11-18(14(20)10-9-13(17)19)12-16(23-7-3)24-8-4/h15-16H,5-12H2,1-4H3,(H2,17,19). The zero-order chi connectivity index (χ0) is 18.4. The molecule has 0 fully saturated rings. The van der Waals surface area contributed by atoms with Gasteiger partial charge in [0.15, 0.2) is 12.6 Å². The molecule has 0 atom stereocenters. The molecule has 0 aromatic carbocycles. The van der Waals surface area contributed by atoms with Crippen LogP contribution in [0.4, 0.5) is 0 Å². The fourth-order valence-corrected chi connectivity index (χ4v) is 2.08. The predicted octanol–water partition coefficient (Wildman–Crippen LogP) is 0.879. The molecule has 0 aliphatic carbocycles. The van der Waals surface area contributed by atoms with Crippen LogP contribution in [0.1, 0.15) is 40.5 Å². The Labute approximate surface area is 144 Å². The van der Waals surface area contributed by atoms with Gasteiger partial charge in [0.25, 0.3) is 0 Å². The molecule has 0 aromatic heterocycles. The quantitative estimate of drug-likeness (QED) is 0.441. The van der Waals surface area contributed by atoms with E-state index in [1.807, 2.05) is 27.7 Å². The average molecular weight is 348 g/mol. The van der Waals surface area contributed by atoms with E-state index in [2.05, 4.69) is 0 Å². The van der Waals surface area contributed by atoms with Gasteiger partial charge in [0.05, 0.1) is 13.1 Å². The Kier molecular flexibility index (Phi) is 13.4. The first-order valence-corrected chi connectivity index (χ1v) is 8.50. The monoisotopic (exact) mass is 348 g/mol. The highest BCUT2D eigenvalue weighted by Gasteiger charge is 2.23. The van der Waals surface area contributed by atoms with Crippen LogP contribution >= 0.6 is 0 Å². The number of amides is 2. The molecular formula is C16H32N2O6. The normalized spacial score (nSPS) is 11.2. The van der Waals surface area contributed by atoms with Crippen LogP contribution in [0.3, 0.4) is 0 Å². The molecule has 8 heteroatoms. The molecule has 142 valence electrons. The molecule has 0 saturated heterocycles. The highest BCUT2D eigenvalue weighted by Crippen LogP contribution is 2.08. The van der Waals surface area contributed by atoms with Crippen LogP contribution in [0.5, 0.6) is 0 Å². The molecule has 8 nitrogen and oxygen atoms in total. The summed E-state index contributed by atoms with van der Waals surface area (Å²) in [4.78, 5) is 24.9. The van der Waals surface area contributed by atoms with Gasteiger partial charge in [0.2, 0.25) is 11.8 Å². The topological polar surface area (TPSA) is 100 Å². The smallest absolute Gasteiger partial charge is 0.223 e. The zero-order valence-corrected chi connectivity index (χ0v) is 15.3. The van der Waals surface area contributed by atoms with Crippen molar-refractivity contribution in [1.29, 1.82) is 0 Å². The molecule has 0 spiro atoms. The van der Waals surface area contributed by atoms with Gasteiger partial charge in [-0.1, -0.05) is 0 Å². The summed E-state index contributed by atoms with van der Waals surface area (Å²) >= 11 is 0. The van der Waals surface area contributed by atoms with Crippen LogP contribution in [-0.2, 0) is 28.5 Å². The number of hydrogen-bond donors (Lipinski definition) is 1. The lowest BCUT2D eigenvalue weighted by Crippen LogP contribution is -2.45. The van der Waals surface area contributed by atoms with Gasteiger partial charge in [0, 0.05) is 39.3 Å². The van der Waals surface area contributed by atoms with Crippen molar-refractivity contribution >= 4 is 11.8 Å². The summed E-state index contributed by atoms with van der Waals surface area (Å²) in [6.07, 6.45) is -1.05. The Morgan fingerprint density at radius 3 is 1.46 bits per heavy atom. The number of carbonyl (C=O) groups is 2. The predicted molar refractivity (Wildman–Crippen MR) is 89.1 cm³/mol. The van der Waals surface area contributed by atoms with E-state index >= 15 is 0 Å². The molecule has 0 aliphatic rings. The molecule has 2 amide bonds. The fraction of sp³-hybridized carbons (Fsp3) is 0.875.